The molecule has 1 amide bonds. The number of carbonyl (C=O) groups excluding carboxylic acids is 1. The number of rotatable bonds is 4. The van der Waals surface area contributed by atoms with Gasteiger partial charge in [0.25, 0.3) is 0 Å². The first-order chi connectivity index (χ1) is 11.1. The number of fused-ring (bicyclic) bond motifs is 1. The van der Waals surface area contributed by atoms with Crippen LogP contribution in [0.1, 0.15) is 25.7 Å². The second-order valence-electron chi connectivity index (χ2n) is 5.93. The number of guanidine groups is 1. The minimum absolute atomic E-state index is 0.0246. The molecule has 3 rings (SSSR count). The molecule has 1 saturated carbocycles. The topological polar surface area (TPSA) is 135 Å². The summed E-state index contributed by atoms with van der Waals surface area (Å²) in [6.45, 7) is 0.649. The van der Waals surface area contributed by atoms with Crippen molar-refractivity contribution in [3.8, 4) is 0 Å². The number of hydrogen-bond donors (Lipinski definition) is 4. The van der Waals surface area contributed by atoms with Gasteiger partial charge in [-0.1, -0.05) is 0 Å². The summed E-state index contributed by atoms with van der Waals surface area (Å²) in [5.41, 5.74) is 12.8. The molecule has 6 N–H and O–H groups in total. The molecule has 8 nitrogen and oxygen atoms in total. The molecule has 0 aromatic carbocycles. The maximum Gasteiger partial charge on any atom is 0.227 e. The molecular formula is C15H21N7O. The van der Waals surface area contributed by atoms with Gasteiger partial charge in [0.1, 0.15) is 5.52 Å². The van der Waals surface area contributed by atoms with E-state index in [-0.39, 0.29) is 17.8 Å². The Balaban J connectivity index is 1.58. The largest absolute Gasteiger partial charge is 0.370 e. The highest BCUT2D eigenvalue weighted by Gasteiger charge is 2.26. The Kier molecular flexibility index (Phi) is 4.40. The first kappa shape index (κ1) is 15.3. The van der Waals surface area contributed by atoms with Crippen LogP contribution in [-0.2, 0) is 4.79 Å². The Morgan fingerprint density at radius 3 is 2.83 bits per heavy atom. The van der Waals surface area contributed by atoms with Gasteiger partial charge in [-0.3, -0.25) is 9.79 Å². The average Bonchev–Trinajstić information content (AvgIpc) is 3.03. The number of carbonyl (C=O) groups is 1. The highest BCUT2D eigenvalue weighted by atomic mass is 16.1. The number of aliphatic imine (C=N–C) groups is 1. The van der Waals surface area contributed by atoms with E-state index in [0.29, 0.717) is 18.1 Å². The zero-order valence-electron chi connectivity index (χ0n) is 12.8. The van der Waals surface area contributed by atoms with Crippen molar-refractivity contribution in [1.29, 1.82) is 0 Å². The third-order valence-corrected chi connectivity index (χ3v) is 4.33. The molecule has 1 fully saturated rings. The van der Waals surface area contributed by atoms with Gasteiger partial charge in [0.05, 0.1) is 12.0 Å². The predicted molar refractivity (Wildman–Crippen MR) is 88.6 cm³/mol. The van der Waals surface area contributed by atoms with Crippen LogP contribution in [0.25, 0.3) is 11.2 Å². The Morgan fingerprint density at radius 2 is 2.09 bits per heavy atom. The van der Waals surface area contributed by atoms with Crippen LogP contribution in [-0.4, -0.2) is 33.4 Å². The van der Waals surface area contributed by atoms with E-state index in [1.165, 1.54) is 0 Å². The van der Waals surface area contributed by atoms with Crippen LogP contribution in [0.2, 0.25) is 0 Å². The molecule has 0 unspecified atom stereocenters. The average molecular weight is 315 g/mol. The number of amides is 1. The zero-order valence-corrected chi connectivity index (χ0v) is 12.8. The smallest absolute Gasteiger partial charge is 0.227 e. The Morgan fingerprint density at radius 1 is 1.30 bits per heavy atom. The number of nitrogens with zero attached hydrogens (tertiary/aromatic N) is 3. The minimum atomic E-state index is 0.0246. The van der Waals surface area contributed by atoms with Gasteiger partial charge in [-0.25, -0.2) is 9.97 Å². The highest BCUT2D eigenvalue weighted by molar-refractivity contribution is 5.99. The van der Waals surface area contributed by atoms with Gasteiger partial charge in [0.2, 0.25) is 5.91 Å². The number of nitrogens with one attached hydrogen (secondary N) is 2. The summed E-state index contributed by atoms with van der Waals surface area (Å²) in [7, 11) is 0. The fourth-order valence-electron chi connectivity index (χ4n) is 3.03. The fourth-order valence-corrected chi connectivity index (χ4v) is 3.03. The first-order valence-electron chi connectivity index (χ1n) is 7.78. The van der Waals surface area contributed by atoms with Gasteiger partial charge in [0.15, 0.2) is 11.6 Å². The maximum absolute atomic E-state index is 12.5. The summed E-state index contributed by atoms with van der Waals surface area (Å²) in [5.74, 6) is 0.663. The summed E-state index contributed by atoms with van der Waals surface area (Å²) in [6, 6.07) is 1.78. The van der Waals surface area contributed by atoms with Crippen LogP contribution < -0.4 is 16.8 Å². The molecule has 0 radical (unpaired) electrons. The number of aromatic nitrogens is 3. The van der Waals surface area contributed by atoms with E-state index in [9.17, 15) is 4.79 Å². The Bertz CT molecular complexity index is 711. The van der Waals surface area contributed by atoms with Gasteiger partial charge < -0.3 is 21.8 Å². The van der Waals surface area contributed by atoms with E-state index in [1.807, 2.05) is 0 Å². The van der Waals surface area contributed by atoms with Crippen molar-refractivity contribution >= 4 is 28.7 Å². The van der Waals surface area contributed by atoms with E-state index in [1.54, 1.807) is 18.6 Å². The lowest BCUT2D eigenvalue weighted by atomic mass is 9.81. The molecular weight excluding hydrogens is 294 g/mol. The molecule has 0 atom stereocenters. The molecule has 0 saturated heterocycles. The number of aromatic amines is 1. The number of hydrogen-bond acceptors (Lipinski definition) is 4. The quantitative estimate of drug-likeness (QED) is 0.492. The van der Waals surface area contributed by atoms with E-state index >= 15 is 0 Å². The van der Waals surface area contributed by atoms with E-state index in [4.69, 9.17) is 11.5 Å². The molecule has 2 heterocycles. The fraction of sp³-hybridized carbons (Fsp3) is 0.467. The molecule has 0 bridgehead atoms. The summed E-state index contributed by atoms with van der Waals surface area (Å²) in [6.07, 6.45) is 6.85. The Hall–Kier alpha value is -2.64. The molecule has 0 aliphatic heterocycles. The van der Waals surface area contributed by atoms with Crippen molar-refractivity contribution in [2.24, 2.45) is 28.3 Å². The van der Waals surface area contributed by atoms with E-state index in [2.05, 4.69) is 25.3 Å². The molecule has 23 heavy (non-hydrogen) atoms. The second-order valence-corrected chi connectivity index (χ2v) is 5.93. The molecule has 0 spiro atoms. The standard InChI is InChI=1S/C15H21N7O/c16-15(17)19-7-9-1-3-10(4-2-9)14(23)22-11-5-6-18-13-12(11)20-8-21-13/h5-6,8-10H,1-4,7H2,(H4,16,17,19)(H2,18,20,21,22,23). The minimum Gasteiger partial charge on any atom is -0.370 e. The van der Waals surface area contributed by atoms with Gasteiger partial charge in [-0.2, -0.15) is 0 Å². The molecule has 1 aliphatic carbocycles. The normalized spacial score (nSPS) is 21.0. The van der Waals surface area contributed by atoms with E-state index in [0.717, 1.165) is 36.9 Å². The molecule has 8 heteroatoms. The van der Waals surface area contributed by atoms with Crippen molar-refractivity contribution < 1.29 is 4.79 Å². The summed E-state index contributed by atoms with van der Waals surface area (Å²) < 4.78 is 0. The van der Waals surface area contributed by atoms with Crippen LogP contribution in [0.5, 0.6) is 0 Å². The van der Waals surface area contributed by atoms with Crippen molar-refractivity contribution in [2.75, 3.05) is 11.9 Å². The van der Waals surface area contributed by atoms with Crippen LogP contribution in [0, 0.1) is 11.8 Å². The lowest BCUT2D eigenvalue weighted by Gasteiger charge is -2.26. The van der Waals surface area contributed by atoms with Crippen molar-refractivity contribution in [3.63, 3.8) is 0 Å². The monoisotopic (exact) mass is 315 g/mol. The maximum atomic E-state index is 12.5. The van der Waals surface area contributed by atoms with Gasteiger partial charge in [-0.15, -0.1) is 0 Å². The molecule has 1 aliphatic rings. The first-order valence-corrected chi connectivity index (χ1v) is 7.78. The molecule has 2 aromatic rings. The van der Waals surface area contributed by atoms with Gasteiger partial charge in [0, 0.05) is 18.7 Å². The van der Waals surface area contributed by atoms with Crippen molar-refractivity contribution in [2.45, 2.75) is 25.7 Å². The van der Waals surface area contributed by atoms with Crippen LogP contribution in [0.3, 0.4) is 0 Å². The van der Waals surface area contributed by atoms with Crippen LogP contribution in [0.4, 0.5) is 5.69 Å². The lowest BCUT2D eigenvalue weighted by Crippen LogP contribution is -2.29. The number of H-pyrrole nitrogens is 1. The zero-order chi connectivity index (χ0) is 16.2. The third-order valence-electron chi connectivity index (χ3n) is 4.33. The number of pyridine rings is 1. The summed E-state index contributed by atoms with van der Waals surface area (Å²) in [4.78, 5) is 27.8. The summed E-state index contributed by atoms with van der Waals surface area (Å²) in [5, 5.41) is 2.99. The SMILES string of the molecule is NC(N)=NCC1CCC(C(=O)Nc2ccnc3nc[nH]c23)CC1. The lowest BCUT2D eigenvalue weighted by molar-refractivity contribution is -0.121. The highest BCUT2D eigenvalue weighted by Crippen LogP contribution is 2.30. The Labute approximate surface area is 133 Å². The summed E-state index contributed by atoms with van der Waals surface area (Å²) >= 11 is 0. The van der Waals surface area contributed by atoms with Crippen molar-refractivity contribution in [3.05, 3.63) is 18.6 Å². The molecule has 122 valence electrons. The third kappa shape index (κ3) is 3.58. The van der Waals surface area contributed by atoms with Crippen LogP contribution >= 0.6 is 0 Å². The van der Waals surface area contributed by atoms with Gasteiger partial charge >= 0.3 is 0 Å². The number of anilines is 1. The second kappa shape index (κ2) is 6.64. The van der Waals surface area contributed by atoms with Gasteiger partial charge in [-0.05, 0) is 37.7 Å². The number of imidazole rings is 1. The van der Waals surface area contributed by atoms with Crippen molar-refractivity contribution in [1.82, 2.24) is 15.0 Å². The predicted octanol–water partition coefficient (Wildman–Crippen LogP) is 0.976. The molecule has 2 aromatic heterocycles. The van der Waals surface area contributed by atoms with Crippen LogP contribution in [0.15, 0.2) is 23.6 Å². The van der Waals surface area contributed by atoms with E-state index < -0.39 is 0 Å². The number of nitrogens with two attached hydrogens (primary N) is 2.